The largest absolute Gasteiger partial charge is 0.543 e. The number of carbonyl (C=O) groups excluding carboxylic acids is 1. The SMILES string of the molecule is O=C(O)c1cc(=O)[nH]c(O)[nH+]1.O=C([O-])c1cc(=O)[nH]c(=O)[nH]1.[Fe]. The third-order valence-corrected chi connectivity index (χ3v) is 1.98. The molecule has 0 saturated carbocycles. The van der Waals surface area contributed by atoms with E-state index in [-0.39, 0.29) is 22.8 Å². The molecule has 2 aromatic heterocycles. The maximum Gasteiger partial charge on any atom is 0.452 e. The van der Waals surface area contributed by atoms with E-state index in [0.29, 0.717) is 0 Å². The minimum Gasteiger partial charge on any atom is -0.543 e. The Morgan fingerprint density at radius 2 is 1.61 bits per heavy atom. The molecule has 0 aliphatic rings. The molecule has 0 bridgehead atoms. The maximum atomic E-state index is 10.5. The second-order valence-corrected chi connectivity index (χ2v) is 3.61. The zero-order valence-corrected chi connectivity index (χ0v) is 12.0. The molecule has 2 aromatic rings. The van der Waals surface area contributed by atoms with Crippen molar-refractivity contribution in [3.05, 3.63) is 54.7 Å². The van der Waals surface area contributed by atoms with Gasteiger partial charge < -0.3 is 25.1 Å². The molecule has 23 heavy (non-hydrogen) atoms. The van der Waals surface area contributed by atoms with Crippen LogP contribution in [0.15, 0.2) is 26.5 Å². The van der Waals surface area contributed by atoms with Crippen molar-refractivity contribution in [1.29, 1.82) is 0 Å². The molecule has 0 unspecified atom stereocenters. The molecule has 0 aromatic carbocycles. The Labute approximate surface area is 135 Å². The number of aromatic carboxylic acids is 2. The Morgan fingerprint density at radius 3 is 2.04 bits per heavy atom. The van der Waals surface area contributed by atoms with Gasteiger partial charge in [-0.15, -0.1) is 0 Å². The first kappa shape index (κ1) is 19.8. The zero-order valence-electron chi connectivity index (χ0n) is 10.9. The number of aromatic hydroxyl groups is 1. The number of rotatable bonds is 2. The van der Waals surface area contributed by atoms with Gasteiger partial charge in [0, 0.05) is 23.1 Å². The number of aromatic nitrogens is 4. The quantitative estimate of drug-likeness (QED) is 0.329. The first-order valence-electron chi connectivity index (χ1n) is 5.33. The maximum absolute atomic E-state index is 10.5. The topological polar surface area (TPSA) is 210 Å². The second kappa shape index (κ2) is 8.31. The monoisotopic (exact) mass is 368 g/mol. The molecular weight excluding hydrogens is 360 g/mol. The Hall–Kier alpha value is -3.18. The first-order chi connectivity index (χ1) is 10.2. The predicted molar refractivity (Wildman–Crippen MR) is 64.3 cm³/mol. The molecule has 0 amide bonds. The summed E-state index contributed by atoms with van der Waals surface area (Å²) in [7, 11) is 0. The summed E-state index contributed by atoms with van der Waals surface area (Å²) >= 11 is 0. The van der Waals surface area contributed by atoms with E-state index in [1.54, 1.807) is 0 Å². The van der Waals surface area contributed by atoms with Crippen molar-refractivity contribution < 1.29 is 47.0 Å². The van der Waals surface area contributed by atoms with Gasteiger partial charge in [-0.2, -0.15) is 4.98 Å². The van der Waals surface area contributed by atoms with Crippen LogP contribution in [0.3, 0.4) is 0 Å². The van der Waals surface area contributed by atoms with Gasteiger partial charge in [0.1, 0.15) is 0 Å². The number of carbonyl (C=O) groups is 2. The molecule has 0 fully saturated rings. The Kier molecular flexibility index (Phi) is 7.16. The molecular formula is C10H8FeN4O8. The van der Waals surface area contributed by atoms with Crippen molar-refractivity contribution in [2.24, 2.45) is 0 Å². The van der Waals surface area contributed by atoms with E-state index in [4.69, 9.17) is 10.2 Å². The number of H-pyrrole nitrogens is 4. The fourth-order valence-corrected chi connectivity index (χ4v) is 1.17. The van der Waals surface area contributed by atoms with E-state index in [1.807, 2.05) is 19.9 Å². The smallest absolute Gasteiger partial charge is 0.452 e. The third-order valence-electron chi connectivity index (χ3n) is 1.98. The Morgan fingerprint density at radius 1 is 1.04 bits per heavy atom. The van der Waals surface area contributed by atoms with Gasteiger partial charge in [0.05, 0.1) is 17.7 Å². The average Bonchev–Trinajstić information content (AvgIpc) is 2.37. The van der Waals surface area contributed by atoms with Crippen LogP contribution in [0.25, 0.3) is 0 Å². The molecule has 2 heterocycles. The van der Waals surface area contributed by atoms with Gasteiger partial charge in [0.2, 0.25) is 5.69 Å². The predicted octanol–water partition coefficient (Wildman–Crippen LogP) is -3.98. The van der Waals surface area contributed by atoms with Crippen LogP contribution in [0.4, 0.5) is 0 Å². The van der Waals surface area contributed by atoms with Crippen LogP contribution in [0.2, 0.25) is 0 Å². The van der Waals surface area contributed by atoms with Gasteiger partial charge in [0.15, 0.2) is 0 Å². The van der Waals surface area contributed by atoms with E-state index in [1.165, 1.54) is 0 Å². The Balaban J connectivity index is 0.000000403. The first-order valence-corrected chi connectivity index (χ1v) is 5.33. The van der Waals surface area contributed by atoms with Crippen LogP contribution in [0.1, 0.15) is 21.0 Å². The van der Waals surface area contributed by atoms with Crippen molar-refractivity contribution in [1.82, 2.24) is 15.0 Å². The molecule has 0 aliphatic heterocycles. The van der Waals surface area contributed by atoms with Gasteiger partial charge in [-0.05, 0) is 0 Å². The second-order valence-electron chi connectivity index (χ2n) is 3.61. The summed E-state index contributed by atoms with van der Waals surface area (Å²) in [6.07, 6.45) is 0. The van der Waals surface area contributed by atoms with Gasteiger partial charge in [0.25, 0.3) is 5.56 Å². The zero-order chi connectivity index (χ0) is 16.9. The van der Waals surface area contributed by atoms with Gasteiger partial charge >= 0.3 is 23.2 Å². The Bertz CT molecular complexity index is 855. The molecule has 0 aliphatic carbocycles. The summed E-state index contributed by atoms with van der Waals surface area (Å²) in [6.45, 7) is 0. The van der Waals surface area contributed by atoms with Crippen molar-refractivity contribution in [3.8, 4) is 6.01 Å². The summed E-state index contributed by atoms with van der Waals surface area (Å²) in [6, 6.07) is 0.994. The van der Waals surface area contributed by atoms with E-state index >= 15 is 0 Å². The summed E-state index contributed by atoms with van der Waals surface area (Å²) in [5.74, 6) is -2.89. The number of hydrogen-bond donors (Lipinski definition) is 5. The van der Waals surface area contributed by atoms with Crippen LogP contribution >= 0.6 is 0 Å². The van der Waals surface area contributed by atoms with Crippen molar-refractivity contribution in [2.75, 3.05) is 0 Å². The summed E-state index contributed by atoms with van der Waals surface area (Å²) in [5, 5.41) is 27.1. The van der Waals surface area contributed by atoms with Crippen LogP contribution in [0.5, 0.6) is 6.01 Å². The molecule has 12 nitrogen and oxygen atoms in total. The number of hydrogen-bond acceptors (Lipinski definition) is 7. The number of nitrogens with one attached hydrogen (secondary N) is 4. The molecule has 6 N–H and O–H groups in total. The fraction of sp³-hybridized carbons (Fsp3) is 0. The summed E-state index contributed by atoms with van der Waals surface area (Å²) in [5.41, 5.74) is -3.19. The van der Waals surface area contributed by atoms with Crippen LogP contribution < -0.4 is 26.9 Å². The summed E-state index contributed by atoms with van der Waals surface area (Å²) in [4.78, 5) is 59.3. The average molecular weight is 368 g/mol. The van der Waals surface area contributed by atoms with Gasteiger partial charge in [-0.25, -0.2) is 19.4 Å². The van der Waals surface area contributed by atoms with E-state index in [0.717, 1.165) is 12.1 Å². The van der Waals surface area contributed by atoms with Gasteiger partial charge in [-0.1, -0.05) is 0 Å². The minimum atomic E-state index is -1.59. The molecule has 2 rings (SSSR count). The van der Waals surface area contributed by atoms with Crippen LogP contribution in [0, 0.1) is 0 Å². The minimum absolute atomic E-state index is 0. The summed E-state index contributed by atoms with van der Waals surface area (Å²) < 4.78 is 0. The number of carboxylic acid groups (broad SMARTS) is 2. The molecule has 0 spiro atoms. The normalized spacial score (nSPS) is 9.04. The molecule has 0 saturated heterocycles. The van der Waals surface area contributed by atoms with E-state index in [2.05, 4.69) is 0 Å². The van der Waals surface area contributed by atoms with Crippen LogP contribution in [-0.2, 0) is 17.1 Å². The number of carboxylic acids is 2. The standard InChI is InChI=1S/2C5H4N2O4.Fe/c2*8-3-1-2(4(9)10)6-5(11)7-3;/h2*1H,(H,9,10)(H2,6,7,8,11);. The molecule has 124 valence electrons. The molecule has 0 radical (unpaired) electrons. The van der Waals surface area contributed by atoms with Crippen molar-refractivity contribution in [3.63, 3.8) is 0 Å². The third kappa shape index (κ3) is 6.41. The molecule has 13 heteroatoms. The van der Waals surface area contributed by atoms with Gasteiger partial charge in [-0.3, -0.25) is 9.78 Å². The van der Waals surface area contributed by atoms with E-state index in [9.17, 15) is 29.1 Å². The van der Waals surface area contributed by atoms with E-state index < -0.39 is 40.5 Å². The number of aromatic amines is 4. The van der Waals surface area contributed by atoms with Crippen LogP contribution in [-0.4, -0.2) is 37.1 Å². The molecule has 0 atom stereocenters. The van der Waals surface area contributed by atoms with Crippen molar-refractivity contribution >= 4 is 11.9 Å². The fourth-order valence-electron chi connectivity index (χ4n) is 1.17. The van der Waals surface area contributed by atoms with Crippen molar-refractivity contribution in [2.45, 2.75) is 0 Å².